The molecule has 1 atom stereocenters. The molecule has 1 N–H and O–H groups in total. The van der Waals surface area contributed by atoms with E-state index in [1.807, 2.05) is 38.4 Å². The van der Waals surface area contributed by atoms with Gasteiger partial charge in [-0.05, 0) is 31.5 Å². The zero-order chi connectivity index (χ0) is 15.7. The van der Waals surface area contributed by atoms with Crippen molar-refractivity contribution in [1.82, 2.24) is 19.0 Å². The third kappa shape index (κ3) is 2.88. The van der Waals surface area contributed by atoms with Crippen LogP contribution in [0.15, 0.2) is 24.5 Å². The predicted octanol–water partition coefficient (Wildman–Crippen LogP) is 1.16. The third-order valence-corrected chi connectivity index (χ3v) is 6.16. The summed E-state index contributed by atoms with van der Waals surface area (Å²) >= 11 is 0. The minimum absolute atomic E-state index is 0.312. The maximum atomic E-state index is 12.1. The first-order valence-corrected chi connectivity index (χ1v) is 9.18. The van der Waals surface area contributed by atoms with Gasteiger partial charge in [-0.2, -0.15) is 0 Å². The van der Waals surface area contributed by atoms with Crippen molar-refractivity contribution in [1.29, 1.82) is 0 Å². The fourth-order valence-corrected chi connectivity index (χ4v) is 4.52. The van der Waals surface area contributed by atoms with E-state index < -0.39 is 10.0 Å². The second-order valence-electron chi connectivity index (χ2n) is 5.82. The minimum atomic E-state index is -3.19. The van der Waals surface area contributed by atoms with Crippen LogP contribution in [0.4, 0.5) is 0 Å². The van der Waals surface area contributed by atoms with E-state index in [2.05, 4.69) is 19.0 Å². The molecule has 120 valence electrons. The molecule has 2 aromatic heterocycles. The smallest absolute Gasteiger partial charge is 0.215 e. The second-order valence-corrected chi connectivity index (χ2v) is 7.87. The van der Waals surface area contributed by atoms with Gasteiger partial charge in [-0.15, -0.1) is 0 Å². The van der Waals surface area contributed by atoms with Gasteiger partial charge in [0.15, 0.2) is 0 Å². The maximum Gasteiger partial charge on any atom is 0.215 e. The lowest BCUT2D eigenvalue weighted by molar-refractivity contribution is 0.326. The molecule has 1 aliphatic heterocycles. The van der Waals surface area contributed by atoms with Gasteiger partial charge in [0.2, 0.25) is 10.0 Å². The molecule has 0 saturated carbocycles. The molecule has 0 spiro atoms. The van der Waals surface area contributed by atoms with E-state index in [4.69, 9.17) is 0 Å². The molecular formula is C15H22N4O2S. The first-order chi connectivity index (χ1) is 10.5. The summed E-state index contributed by atoms with van der Waals surface area (Å²) in [5, 5.41) is -0.312. The van der Waals surface area contributed by atoms with E-state index in [9.17, 15) is 8.42 Å². The van der Waals surface area contributed by atoms with Crippen LogP contribution in [0.25, 0.3) is 5.65 Å². The van der Waals surface area contributed by atoms with Crippen molar-refractivity contribution >= 4 is 15.7 Å². The summed E-state index contributed by atoms with van der Waals surface area (Å²) in [6.07, 6.45) is 4.58. The SMILES string of the molecule is CCNS(=O)(=O)[C@@H]1CCN(Cc2cnc3c(C)cccn23)C1. The summed E-state index contributed by atoms with van der Waals surface area (Å²) in [4.78, 5) is 6.65. The standard InChI is InChI=1S/C15H22N4O2S/c1-3-17-22(20,21)14-6-8-18(11-14)10-13-9-16-15-12(2)5-4-7-19(13)15/h4-5,7,9,14,17H,3,6,8,10-11H2,1-2H3/t14-/m1/s1. The highest BCUT2D eigenvalue weighted by atomic mass is 32.2. The zero-order valence-electron chi connectivity index (χ0n) is 13.0. The van der Waals surface area contributed by atoms with Gasteiger partial charge in [0.05, 0.1) is 17.1 Å². The number of aryl methyl sites for hydroxylation is 1. The highest BCUT2D eigenvalue weighted by molar-refractivity contribution is 7.90. The number of nitrogens with zero attached hydrogens (tertiary/aromatic N) is 3. The van der Waals surface area contributed by atoms with Gasteiger partial charge in [0, 0.05) is 25.8 Å². The zero-order valence-corrected chi connectivity index (χ0v) is 13.8. The van der Waals surface area contributed by atoms with Crippen molar-refractivity contribution in [2.75, 3.05) is 19.6 Å². The van der Waals surface area contributed by atoms with Crippen LogP contribution in [0.1, 0.15) is 24.6 Å². The van der Waals surface area contributed by atoms with Gasteiger partial charge < -0.3 is 4.40 Å². The number of nitrogens with one attached hydrogen (secondary N) is 1. The molecule has 1 aliphatic rings. The number of fused-ring (bicyclic) bond motifs is 1. The molecule has 0 unspecified atom stereocenters. The van der Waals surface area contributed by atoms with Crippen molar-refractivity contribution in [2.45, 2.75) is 32.1 Å². The molecule has 3 rings (SSSR count). The Hall–Kier alpha value is -1.44. The molecule has 3 heterocycles. The van der Waals surface area contributed by atoms with E-state index in [0.717, 1.165) is 30.0 Å². The quantitative estimate of drug-likeness (QED) is 0.897. The molecule has 0 aromatic carbocycles. The number of imidazole rings is 1. The van der Waals surface area contributed by atoms with Crippen LogP contribution in [-0.4, -0.2) is 47.6 Å². The van der Waals surface area contributed by atoms with E-state index in [-0.39, 0.29) is 5.25 Å². The molecule has 1 saturated heterocycles. The lowest BCUT2D eigenvalue weighted by atomic mass is 10.3. The van der Waals surface area contributed by atoms with E-state index in [1.165, 1.54) is 0 Å². The molecule has 1 fully saturated rings. The fourth-order valence-electron chi connectivity index (χ4n) is 3.06. The molecule has 7 heteroatoms. The van der Waals surface area contributed by atoms with E-state index in [0.29, 0.717) is 19.5 Å². The number of sulfonamides is 1. The Labute approximate surface area is 131 Å². The lowest BCUT2D eigenvalue weighted by Crippen LogP contribution is -2.36. The average Bonchev–Trinajstić information content (AvgIpc) is 3.08. The topological polar surface area (TPSA) is 66.7 Å². The van der Waals surface area contributed by atoms with Crippen LogP contribution in [0.5, 0.6) is 0 Å². The van der Waals surface area contributed by atoms with Gasteiger partial charge in [0.25, 0.3) is 0 Å². The van der Waals surface area contributed by atoms with Crippen molar-refractivity contribution < 1.29 is 8.42 Å². The molecule has 0 aliphatic carbocycles. The van der Waals surface area contributed by atoms with Crippen LogP contribution in [0.3, 0.4) is 0 Å². The molecule has 0 bridgehead atoms. The first-order valence-electron chi connectivity index (χ1n) is 7.63. The third-order valence-electron chi connectivity index (χ3n) is 4.21. The highest BCUT2D eigenvalue weighted by Crippen LogP contribution is 2.19. The lowest BCUT2D eigenvalue weighted by Gasteiger charge is -2.16. The summed E-state index contributed by atoms with van der Waals surface area (Å²) < 4.78 is 28.9. The molecule has 0 radical (unpaired) electrons. The van der Waals surface area contributed by atoms with E-state index in [1.54, 1.807) is 0 Å². The maximum absolute atomic E-state index is 12.1. The largest absolute Gasteiger partial charge is 0.303 e. The number of rotatable bonds is 5. The van der Waals surface area contributed by atoms with Gasteiger partial charge in [-0.25, -0.2) is 18.1 Å². The summed E-state index contributed by atoms with van der Waals surface area (Å²) in [6, 6.07) is 4.05. The van der Waals surface area contributed by atoms with Crippen molar-refractivity contribution in [3.8, 4) is 0 Å². The Morgan fingerprint density at radius 2 is 2.27 bits per heavy atom. The number of hydrogen-bond donors (Lipinski definition) is 1. The Kier molecular flexibility index (Phi) is 4.20. The average molecular weight is 322 g/mol. The summed E-state index contributed by atoms with van der Waals surface area (Å²) in [5.41, 5.74) is 3.21. The van der Waals surface area contributed by atoms with Crippen molar-refractivity contribution in [2.24, 2.45) is 0 Å². The molecule has 2 aromatic rings. The van der Waals surface area contributed by atoms with Crippen molar-refractivity contribution in [3.63, 3.8) is 0 Å². The minimum Gasteiger partial charge on any atom is -0.303 e. The van der Waals surface area contributed by atoms with Crippen LogP contribution >= 0.6 is 0 Å². The Morgan fingerprint density at radius 3 is 3.05 bits per heavy atom. The molecule has 0 amide bonds. The van der Waals surface area contributed by atoms with Gasteiger partial charge >= 0.3 is 0 Å². The Balaban J connectivity index is 1.73. The molecular weight excluding hydrogens is 300 g/mol. The normalized spacial score (nSPS) is 20.0. The van der Waals surface area contributed by atoms with Crippen LogP contribution in [0.2, 0.25) is 0 Å². The Bertz CT molecular complexity index is 769. The van der Waals surface area contributed by atoms with Gasteiger partial charge in [-0.3, -0.25) is 4.90 Å². The number of aromatic nitrogens is 2. The van der Waals surface area contributed by atoms with Crippen LogP contribution < -0.4 is 4.72 Å². The second kappa shape index (κ2) is 5.98. The highest BCUT2D eigenvalue weighted by Gasteiger charge is 2.32. The fraction of sp³-hybridized carbons (Fsp3) is 0.533. The van der Waals surface area contributed by atoms with Gasteiger partial charge in [0.1, 0.15) is 5.65 Å². The van der Waals surface area contributed by atoms with Crippen LogP contribution in [-0.2, 0) is 16.6 Å². The summed E-state index contributed by atoms with van der Waals surface area (Å²) in [7, 11) is -3.19. The Morgan fingerprint density at radius 1 is 1.45 bits per heavy atom. The number of pyridine rings is 1. The van der Waals surface area contributed by atoms with Gasteiger partial charge in [-0.1, -0.05) is 13.0 Å². The van der Waals surface area contributed by atoms with Crippen LogP contribution in [0, 0.1) is 6.92 Å². The van der Waals surface area contributed by atoms with E-state index >= 15 is 0 Å². The predicted molar refractivity (Wildman–Crippen MR) is 86.2 cm³/mol. The molecule has 22 heavy (non-hydrogen) atoms. The summed E-state index contributed by atoms with van der Waals surface area (Å²) in [5.74, 6) is 0. The summed E-state index contributed by atoms with van der Waals surface area (Å²) in [6.45, 7) is 6.41. The monoisotopic (exact) mass is 322 g/mol. The molecule has 6 nitrogen and oxygen atoms in total. The first kappa shape index (κ1) is 15.5. The number of hydrogen-bond acceptors (Lipinski definition) is 4. The van der Waals surface area contributed by atoms with Crippen molar-refractivity contribution in [3.05, 3.63) is 35.8 Å². The number of likely N-dealkylation sites (tertiary alicyclic amines) is 1.